The van der Waals surface area contributed by atoms with E-state index in [2.05, 4.69) is 40.3 Å². The number of urea groups is 1. The molecule has 0 bridgehead atoms. The highest BCUT2D eigenvalue weighted by Gasteiger charge is 2.13. The van der Waals surface area contributed by atoms with Crippen LogP contribution in [0.15, 0.2) is 54.7 Å². The fourth-order valence-electron chi connectivity index (χ4n) is 3.07. The van der Waals surface area contributed by atoms with Crippen LogP contribution >= 0.6 is 11.6 Å². The van der Waals surface area contributed by atoms with E-state index in [0.717, 1.165) is 12.2 Å². The second-order valence-corrected chi connectivity index (χ2v) is 7.02. The van der Waals surface area contributed by atoms with Crippen molar-refractivity contribution in [2.24, 2.45) is 0 Å². The molecule has 1 aromatic heterocycles. The molecular weight excluding hydrogens is 390 g/mol. The molecule has 152 valence electrons. The Morgan fingerprint density at radius 2 is 1.86 bits per heavy atom. The number of nitrogens with zero attached hydrogens (tertiary/aromatic N) is 1. The van der Waals surface area contributed by atoms with Gasteiger partial charge in [0.1, 0.15) is 11.5 Å². The lowest BCUT2D eigenvalue weighted by atomic mass is 10.1. The lowest BCUT2D eigenvalue weighted by Gasteiger charge is -2.14. The van der Waals surface area contributed by atoms with Crippen LogP contribution in [0.2, 0.25) is 5.02 Å². The molecule has 0 atom stereocenters. The summed E-state index contributed by atoms with van der Waals surface area (Å²) in [7, 11) is 3.04. The number of halogens is 1. The number of aromatic nitrogens is 1. The minimum Gasteiger partial charge on any atom is -0.495 e. The third-order valence-electron chi connectivity index (χ3n) is 4.51. The largest absolute Gasteiger partial charge is 0.495 e. The summed E-state index contributed by atoms with van der Waals surface area (Å²) in [6.07, 6.45) is 2.00. The van der Waals surface area contributed by atoms with E-state index in [4.69, 9.17) is 21.1 Å². The fourth-order valence-corrected chi connectivity index (χ4v) is 3.31. The summed E-state index contributed by atoms with van der Waals surface area (Å²) in [5.74, 6) is 0.938. The minimum absolute atomic E-state index is 0.354. The van der Waals surface area contributed by atoms with Crippen molar-refractivity contribution in [3.63, 3.8) is 0 Å². The lowest BCUT2D eigenvalue weighted by molar-refractivity contribution is 0.251. The molecule has 3 aromatic rings. The van der Waals surface area contributed by atoms with Gasteiger partial charge in [-0.3, -0.25) is 0 Å². The molecule has 1 heterocycles. The van der Waals surface area contributed by atoms with Gasteiger partial charge in [0.25, 0.3) is 0 Å². The molecule has 0 saturated carbocycles. The summed E-state index contributed by atoms with van der Waals surface area (Å²) in [4.78, 5) is 12.4. The zero-order valence-electron chi connectivity index (χ0n) is 16.7. The third kappa shape index (κ3) is 5.23. The Balaban J connectivity index is 1.64. The molecule has 3 rings (SSSR count). The van der Waals surface area contributed by atoms with E-state index < -0.39 is 0 Å². The Morgan fingerprint density at radius 1 is 1.07 bits per heavy atom. The number of anilines is 1. The van der Waals surface area contributed by atoms with Crippen LogP contribution in [0, 0.1) is 6.92 Å². The van der Waals surface area contributed by atoms with Crippen LogP contribution in [0.4, 0.5) is 10.5 Å². The molecule has 0 aliphatic rings. The predicted molar refractivity (Wildman–Crippen MR) is 115 cm³/mol. The first-order valence-electron chi connectivity index (χ1n) is 9.16. The van der Waals surface area contributed by atoms with Gasteiger partial charge in [-0.2, -0.15) is 0 Å². The Hall–Kier alpha value is -3.12. The fraction of sp³-hybridized carbons (Fsp3) is 0.227. The number of methoxy groups -OCH3 is 2. The standard InChI is InChI=1S/C22H24ClN3O3/c1-15-6-4-7-16(10-15)14-26-9-5-8-17(26)13-24-22(27)25-19-11-18(23)20(28-2)12-21(19)29-3/h4-12H,13-14H2,1-3H3,(H2,24,25,27). The molecule has 0 fully saturated rings. The number of carbonyl (C=O) groups excluding carboxylic acids is 1. The van der Waals surface area contributed by atoms with Crippen LogP contribution in [-0.2, 0) is 13.1 Å². The van der Waals surface area contributed by atoms with Crippen molar-refractivity contribution in [2.75, 3.05) is 19.5 Å². The van der Waals surface area contributed by atoms with E-state index in [9.17, 15) is 4.79 Å². The van der Waals surface area contributed by atoms with Crippen LogP contribution in [-0.4, -0.2) is 24.8 Å². The summed E-state index contributed by atoms with van der Waals surface area (Å²) in [5.41, 5.74) is 3.90. The number of aryl methyl sites for hydroxylation is 1. The minimum atomic E-state index is -0.354. The molecule has 6 nitrogen and oxygen atoms in total. The highest BCUT2D eigenvalue weighted by atomic mass is 35.5. The Morgan fingerprint density at radius 3 is 2.59 bits per heavy atom. The zero-order valence-corrected chi connectivity index (χ0v) is 17.4. The van der Waals surface area contributed by atoms with Gasteiger partial charge < -0.3 is 24.7 Å². The van der Waals surface area contributed by atoms with Gasteiger partial charge in [0.2, 0.25) is 0 Å². The Labute approximate surface area is 175 Å². The summed E-state index contributed by atoms with van der Waals surface area (Å²) >= 11 is 6.15. The summed E-state index contributed by atoms with van der Waals surface area (Å²) in [6.45, 7) is 3.21. The maximum Gasteiger partial charge on any atom is 0.319 e. The van der Waals surface area contributed by atoms with Crippen LogP contribution in [0.3, 0.4) is 0 Å². The van der Waals surface area contributed by atoms with Crippen molar-refractivity contribution in [3.8, 4) is 11.5 Å². The molecule has 2 N–H and O–H groups in total. The Bertz CT molecular complexity index is 1000. The molecule has 0 unspecified atom stereocenters. The number of nitrogens with one attached hydrogen (secondary N) is 2. The summed E-state index contributed by atoms with van der Waals surface area (Å²) in [6, 6.07) is 15.2. The maximum atomic E-state index is 12.4. The van der Waals surface area contributed by atoms with Crippen molar-refractivity contribution in [2.45, 2.75) is 20.0 Å². The number of hydrogen-bond donors (Lipinski definition) is 2. The Kier molecular flexibility index (Phi) is 6.67. The van der Waals surface area contributed by atoms with Crippen LogP contribution in [0.5, 0.6) is 11.5 Å². The molecule has 7 heteroatoms. The number of hydrogen-bond acceptors (Lipinski definition) is 3. The number of amides is 2. The molecule has 0 saturated heterocycles. The first kappa shape index (κ1) is 20.6. The molecular formula is C22H24ClN3O3. The van der Waals surface area contributed by atoms with Crippen LogP contribution in [0.25, 0.3) is 0 Å². The summed E-state index contributed by atoms with van der Waals surface area (Å²) < 4.78 is 12.6. The second kappa shape index (κ2) is 9.39. The first-order chi connectivity index (χ1) is 14.0. The lowest BCUT2D eigenvalue weighted by Crippen LogP contribution is -2.29. The molecule has 0 radical (unpaired) electrons. The average molecular weight is 414 g/mol. The smallest absolute Gasteiger partial charge is 0.319 e. The van der Waals surface area contributed by atoms with E-state index >= 15 is 0 Å². The normalized spacial score (nSPS) is 10.5. The molecule has 29 heavy (non-hydrogen) atoms. The van der Waals surface area contributed by atoms with Crippen molar-refractivity contribution in [3.05, 3.63) is 76.6 Å². The number of rotatable bonds is 7. The topological polar surface area (TPSA) is 64.5 Å². The van der Waals surface area contributed by atoms with E-state index in [1.165, 1.54) is 25.3 Å². The van der Waals surface area contributed by atoms with Gasteiger partial charge in [-0.25, -0.2) is 4.79 Å². The number of ether oxygens (including phenoxy) is 2. The van der Waals surface area contributed by atoms with E-state index in [1.54, 1.807) is 12.1 Å². The van der Waals surface area contributed by atoms with Gasteiger partial charge in [0.05, 0.1) is 31.5 Å². The predicted octanol–water partition coefficient (Wildman–Crippen LogP) is 4.84. The highest BCUT2D eigenvalue weighted by Crippen LogP contribution is 2.35. The second-order valence-electron chi connectivity index (χ2n) is 6.61. The molecule has 0 aliphatic heterocycles. The van der Waals surface area contributed by atoms with Gasteiger partial charge >= 0.3 is 6.03 Å². The van der Waals surface area contributed by atoms with Crippen molar-refractivity contribution >= 4 is 23.3 Å². The van der Waals surface area contributed by atoms with Gasteiger partial charge in [0, 0.05) is 24.5 Å². The van der Waals surface area contributed by atoms with Gasteiger partial charge in [0.15, 0.2) is 0 Å². The highest BCUT2D eigenvalue weighted by molar-refractivity contribution is 6.32. The third-order valence-corrected chi connectivity index (χ3v) is 4.81. The molecule has 2 amide bonds. The average Bonchev–Trinajstić information content (AvgIpc) is 3.13. The van der Waals surface area contributed by atoms with Crippen LogP contribution < -0.4 is 20.1 Å². The molecule has 0 spiro atoms. The monoisotopic (exact) mass is 413 g/mol. The van der Waals surface area contributed by atoms with Crippen molar-refractivity contribution in [1.82, 2.24) is 9.88 Å². The summed E-state index contributed by atoms with van der Waals surface area (Å²) in [5, 5.41) is 6.02. The molecule has 0 aliphatic carbocycles. The number of benzene rings is 2. The van der Waals surface area contributed by atoms with E-state index in [-0.39, 0.29) is 6.03 Å². The van der Waals surface area contributed by atoms with Gasteiger partial charge in [-0.05, 0) is 30.7 Å². The molecule has 2 aromatic carbocycles. The zero-order chi connectivity index (χ0) is 20.8. The quantitative estimate of drug-likeness (QED) is 0.582. The van der Waals surface area contributed by atoms with Crippen LogP contribution in [0.1, 0.15) is 16.8 Å². The van der Waals surface area contributed by atoms with Gasteiger partial charge in [-0.15, -0.1) is 0 Å². The van der Waals surface area contributed by atoms with Gasteiger partial charge in [-0.1, -0.05) is 41.4 Å². The van der Waals surface area contributed by atoms with Crippen molar-refractivity contribution < 1.29 is 14.3 Å². The van der Waals surface area contributed by atoms with Crippen molar-refractivity contribution in [1.29, 1.82) is 0 Å². The van der Waals surface area contributed by atoms with E-state index in [0.29, 0.717) is 28.8 Å². The SMILES string of the molecule is COc1cc(OC)c(NC(=O)NCc2cccn2Cc2cccc(C)c2)cc1Cl. The first-order valence-corrected chi connectivity index (χ1v) is 9.54. The maximum absolute atomic E-state index is 12.4. The number of carbonyl (C=O) groups is 1. The van der Waals surface area contributed by atoms with E-state index in [1.807, 2.05) is 24.4 Å².